The maximum Gasteiger partial charge on any atom is 0.185 e. The molecule has 1 fully saturated rings. The Labute approximate surface area is 121 Å². The van der Waals surface area contributed by atoms with E-state index in [1.165, 1.54) is 35.0 Å². The second kappa shape index (κ2) is 6.23. The van der Waals surface area contributed by atoms with E-state index in [1.807, 2.05) is 18.4 Å². The molecule has 0 saturated carbocycles. The minimum atomic E-state index is 0.508. The fraction of sp³-hybridized carbons (Fsp3) is 0.800. The minimum absolute atomic E-state index is 0.508. The van der Waals surface area contributed by atoms with E-state index in [0.29, 0.717) is 5.41 Å². The Morgan fingerprint density at radius 2 is 2.00 bits per heavy atom. The topological polar surface area (TPSA) is 28.2 Å². The fourth-order valence-electron chi connectivity index (χ4n) is 2.54. The lowest BCUT2D eigenvalue weighted by atomic mass is 9.83. The van der Waals surface area contributed by atoms with Gasteiger partial charge in [-0.1, -0.05) is 27.2 Å². The maximum absolute atomic E-state index is 4.89. The van der Waals surface area contributed by atoms with Crippen molar-refractivity contribution in [3.05, 3.63) is 10.6 Å². The van der Waals surface area contributed by atoms with Crippen molar-refractivity contribution < 1.29 is 0 Å². The quantitative estimate of drug-likeness (QED) is 0.896. The summed E-state index contributed by atoms with van der Waals surface area (Å²) in [4.78, 5) is 8.80. The third kappa shape index (κ3) is 3.69. The van der Waals surface area contributed by atoms with Crippen LogP contribution < -0.4 is 10.2 Å². The second-order valence-corrected chi connectivity index (χ2v) is 7.36. The third-order valence-corrected chi connectivity index (χ3v) is 5.14. The Bertz CT molecular complexity index is 378. The molecule has 19 heavy (non-hydrogen) atoms. The molecule has 0 bridgehead atoms. The van der Waals surface area contributed by atoms with Gasteiger partial charge in [-0.2, -0.15) is 0 Å². The van der Waals surface area contributed by atoms with Gasteiger partial charge in [0.2, 0.25) is 0 Å². The Balaban J connectivity index is 2.10. The molecule has 1 N–H and O–H groups in total. The number of thiazole rings is 1. The number of nitrogens with one attached hydrogen (secondary N) is 1. The van der Waals surface area contributed by atoms with Crippen molar-refractivity contribution in [2.75, 3.05) is 25.0 Å². The summed E-state index contributed by atoms with van der Waals surface area (Å²) in [5, 5.41) is 4.50. The van der Waals surface area contributed by atoms with Gasteiger partial charge in [0.25, 0.3) is 0 Å². The van der Waals surface area contributed by atoms with Crippen molar-refractivity contribution in [1.82, 2.24) is 10.3 Å². The molecule has 1 aromatic heterocycles. The first-order valence-corrected chi connectivity index (χ1v) is 8.25. The van der Waals surface area contributed by atoms with Crippen molar-refractivity contribution in [1.29, 1.82) is 0 Å². The highest BCUT2D eigenvalue weighted by molar-refractivity contribution is 7.15. The van der Waals surface area contributed by atoms with Gasteiger partial charge in [-0.25, -0.2) is 4.98 Å². The van der Waals surface area contributed by atoms with E-state index in [0.717, 1.165) is 26.1 Å². The molecule has 0 amide bonds. The van der Waals surface area contributed by atoms with Gasteiger partial charge in [0.1, 0.15) is 0 Å². The molecular weight excluding hydrogens is 254 g/mol. The summed E-state index contributed by atoms with van der Waals surface area (Å²) in [5.74, 6) is 0. The zero-order valence-electron chi connectivity index (χ0n) is 12.8. The van der Waals surface area contributed by atoms with Gasteiger partial charge in [-0.3, -0.25) is 0 Å². The van der Waals surface area contributed by atoms with E-state index < -0.39 is 0 Å². The number of anilines is 1. The normalized spacial score (nSPS) is 18.8. The largest absolute Gasteiger partial charge is 0.348 e. The highest BCUT2D eigenvalue weighted by Crippen LogP contribution is 2.35. The molecule has 1 aliphatic rings. The number of piperidine rings is 1. The average molecular weight is 281 g/mol. The summed E-state index contributed by atoms with van der Waals surface area (Å²) in [6, 6.07) is 0. The summed E-state index contributed by atoms with van der Waals surface area (Å²) >= 11 is 1.88. The smallest absolute Gasteiger partial charge is 0.185 e. The first-order valence-electron chi connectivity index (χ1n) is 7.44. The number of nitrogens with zero attached hydrogens (tertiary/aromatic N) is 2. The second-order valence-electron chi connectivity index (χ2n) is 6.30. The highest BCUT2D eigenvalue weighted by Gasteiger charge is 2.27. The van der Waals surface area contributed by atoms with Crippen LogP contribution in [-0.2, 0) is 13.0 Å². The molecule has 108 valence electrons. The van der Waals surface area contributed by atoms with E-state index in [9.17, 15) is 0 Å². The Morgan fingerprint density at radius 1 is 1.32 bits per heavy atom. The summed E-state index contributed by atoms with van der Waals surface area (Å²) in [6.07, 6.45) is 4.83. The molecule has 0 aromatic carbocycles. The monoisotopic (exact) mass is 281 g/mol. The van der Waals surface area contributed by atoms with Gasteiger partial charge < -0.3 is 10.2 Å². The van der Waals surface area contributed by atoms with Crippen molar-refractivity contribution in [3.8, 4) is 0 Å². The summed E-state index contributed by atoms with van der Waals surface area (Å²) in [5.41, 5.74) is 1.81. The molecule has 1 aliphatic heterocycles. The molecule has 2 rings (SSSR count). The molecule has 4 heteroatoms. The van der Waals surface area contributed by atoms with Gasteiger partial charge in [0.15, 0.2) is 5.13 Å². The number of rotatable bonds is 5. The van der Waals surface area contributed by atoms with Crippen LogP contribution in [0.1, 0.15) is 50.6 Å². The first-order chi connectivity index (χ1) is 9.05. The molecule has 0 unspecified atom stereocenters. The van der Waals surface area contributed by atoms with Gasteiger partial charge in [0, 0.05) is 24.5 Å². The SMILES string of the molecule is CCCc1nc(N2CCC(C)(C)CC2)sc1CNC. The zero-order chi connectivity index (χ0) is 13.9. The fourth-order valence-corrected chi connectivity index (χ4v) is 3.71. The highest BCUT2D eigenvalue weighted by atomic mass is 32.1. The average Bonchev–Trinajstić information content (AvgIpc) is 2.73. The van der Waals surface area contributed by atoms with E-state index in [4.69, 9.17) is 4.98 Å². The minimum Gasteiger partial charge on any atom is -0.348 e. The Kier molecular flexibility index (Phi) is 4.85. The van der Waals surface area contributed by atoms with Crippen LogP contribution in [0.4, 0.5) is 5.13 Å². The van der Waals surface area contributed by atoms with Crippen molar-refractivity contribution in [3.63, 3.8) is 0 Å². The molecule has 1 saturated heterocycles. The molecule has 3 nitrogen and oxygen atoms in total. The Morgan fingerprint density at radius 3 is 2.58 bits per heavy atom. The van der Waals surface area contributed by atoms with Crippen LogP contribution in [0.3, 0.4) is 0 Å². The lowest BCUT2D eigenvalue weighted by molar-refractivity contribution is 0.279. The molecule has 2 heterocycles. The lowest BCUT2D eigenvalue weighted by Crippen LogP contribution is -2.37. The predicted octanol–water partition coefficient (Wildman–Crippen LogP) is 3.44. The number of aromatic nitrogens is 1. The van der Waals surface area contributed by atoms with Crippen LogP contribution in [-0.4, -0.2) is 25.1 Å². The van der Waals surface area contributed by atoms with E-state index in [1.54, 1.807) is 0 Å². The van der Waals surface area contributed by atoms with Gasteiger partial charge in [0.05, 0.1) is 5.69 Å². The van der Waals surface area contributed by atoms with Gasteiger partial charge in [-0.05, 0) is 31.7 Å². The first kappa shape index (κ1) is 14.8. The predicted molar refractivity (Wildman–Crippen MR) is 84.1 cm³/mol. The van der Waals surface area contributed by atoms with Gasteiger partial charge >= 0.3 is 0 Å². The molecular formula is C15H27N3S. The maximum atomic E-state index is 4.89. The molecule has 0 aliphatic carbocycles. The molecule has 0 atom stereocenters. The van der Waals surface area contributed by atoms with E-state index >= 15 is 0 Å². The van der Waals surface area contributed by atoms with Crippen LogP contribution >= 0.6 is 11.3 Å². The van der Waals surface area contributed by atoms with Gasteiger partial charge in [-0.15, -0.1) is 11.3 Å². The van der Waals surface area contributed by atoms with Crippen LogP contribution in [0, 0.1) is 5.41 Å². The number of hydrogen-bond acceptors (Lipinski definition) is 4. The van der Waals surface area contributed by atoms with Crippen molar-refractivity contribution in [2.24, 2.45) is 5.41 Å². The van der Waals surface area contributed by atoms with Crippen LogP contribution in [0.15, 0.2) is 0 Å². The van der Waals surface area contributed by atoms with E-state index in [-0.39, 0.29) is 0 Å². The number of hydrogen-bond donors (Lipinski definition) is 1. The number of aryl methyl sites for hydroxylation is 1. The standard InChI is InChI=1S/C15H27N3S/c1-5-6-12-13(11-16-4)19-14(17-12)18-9-7-15(2,3)8-10-18/h16H,5-11H2,1-4H3. The van der Waals surface area contributed by atoms with E-state index in [2.05, 4.69) is 31.0 Å². The third-order valence-electron chi connectivity index (χ3n) is 3.98. The summed E-state index contributed by atoms with van der Waals surface area (Å²) in [6.45, 7) is 10.2. The summed E-state index contributed by atoms with van der Waals surface area (Å²) < 4.78 is 0. The van der Waals surface area contributed by atoms with Crippen molar-refractivity contribution in [2.45, 2.75) is 53.0 Å². The molecule has 1 aromatic rings. The molecule has 0 spiro atoms. The van der Waals surface area contributed by atoms with Crippen LogP contribution in [0.5, 0.6) is 0 Å². The lowest BCUT2D eigenvalue weighted by Gasteiger charge is -2.36. The summed E-state index contributed by atoms with van der Waals surface area (Å²) in [7, 11) is 2.01. The zero-order valence-corrected chi connectivity index (χ0v) is 13.6. The van der Waals surface area contributed by atoms with Crippen LogP contribution in [0.25, 0.3) is 0 Å². The van der Waals surface area contributed by atoms with Crippen LogP contribution in [0.2, 0.25) is 0 Å². The van der Waals surface area contributed by atoms with Crippen molar-refractivity contribution >= 4 is 16.5 Å². The Hall–Kier alpha value is -0.610. The molecule has 0 radical (unpaired) electrons.